The zero-order chi connectivity index (χ0) is 21.8. The first-order valence-electron chi connectivity index (χ1n) is 10.7. The average molecular weight is 415 g/mol. The monoisotopic (exact) mass is 414 g/mol. The van der Waals surface area contributed by atoms with Gasteiger partial charge >= 0.3 is 0 Å². The van der Waals surface area contributed by atoms with Crippen molar-refractivity contribution in [2.24, 2.45) is 0 Å². The van der Waals surface area contributed by atoms with Crippen molar-refractivity contribution in [3.05, 3.63) is 88.1 Å². The van der Waals surface area contributed by atoms with Crippen LogP contribution >= 0.6 is 0 Å². The second-order valence-electron chi connectivity index (χ2n) is 8.00. The number of hydrogen-bond donors (Lipinski definition) is 1. The molecule has 0 atom stereocenters. The molecule has 0 radical (unpaired) electrons. The van der Waals surface area contributed by atoms with E-state index in [1.165, 1.54) is 9.96 Å². The Balaban J connectivity index is 1.60. The van der Waals surface area contributed by atoms with Crippen LogP contribution in [0.2, 0.25) is 0 Å². The van der Waals surface area contributed by atoms with Gasteiger partial charge in [-0.25, -0.2) is 4.98 Å². The van der Waals surface area contributed by atoms with E-state index in [1.807, 2.05) is 44.3 Å². The molecule has 6 heteroatoms. The van der Waals surface area contributed by atoms with Crippen molar-refractivity contribution in [2.75, 3.05) is 6.54 Å². The number of nitrogens with zero attached hydrogens (tertiary/aromatic N) is 3. The predicted octanol–water partition coefficient (Wildman–Crippen LogP) is 4.12. The third-order valence-corrected chi connectivity index (χ3v) is 5.47. The van der Waals surface area contributed by atoms with Crippen LogP contribution in [0.1, 0.15) is 54.1 Å². The van der Waals surface area contributed by atoms with Crippen molar-refractivity contribution in [1.29, 1.82) is 0 Å². The van der Waals surface area contributed by atoms with Crippen LogP contribution in [0.3, 0.4) is 0 Å². The number of benzene rings is 1. The van der Waals surface area contributed by atoms with Gasteiger partial charge in [0.2, 0.25) is 0 Å². The number of fused-ring (bicyclic) bond motifs is 2. The average Bonchev–Trinajstić information content (AvgIpc) is 2.78. The maximum absolute atomic E-state index is 13.3. The summed E-state index contributed by atoms with van der Waals surface area (Å²) in [7, 11) is 0. The Hall–Kier alpha value is -3.54. The van der Waals surface area contributed by atoms with Gasteiger partial charge in [0.25, 0.3) is 11.5 Å². The zero-order valence-corrected chi connectivity index (χ0v) is 17.8. The molecule has 4 rings (SSSR count). The Kier molecular flexibility index (Phi) is 6.07. The Morgan fingerprint density at radius 1 is 1.10 bits per heavy atom. The molecule has 158 valence electrons. The van der Waals surface area contributed by atoms with E-state index in [0.717, 1.165) is 24.8 Å². The van der Waals surface area contributed by atoms with Gasteiger partial charge in [0.05, 0.1) is 16.5 Å². The van der Waals surface area contributed by atoms with Crippen LogP contribution < -0.4 is 10.9 Å². The lowest BCUT2D eigenvalue weighted by Crippen LogP contribution is -2.28. The van der Waals surface area contributed by atoms with E-state index in [9.17, 15) is 9.59 Å². The topological polar surface area (TPSA) is 76.4 Å². The van der Waals surface area contributed by atoms with E-state index in [2.05, 4.69) is 21.4 Å². The third-order valence-electron chi connectivity index (χ3n) is 5.47. The number of hydrogen-bond acceptors (Lipinski definition) is 4. The van der Waals surface area contributed by atoms with Crippen molar-refractivity contribution >= 4 is 22.5 Å². The van der Waals surface area contributed by atoms with Gasteiger partial charge in [-0.05, 0) is 60.6 Å². The molecule has 0 saturated carbocycles. The highest BCUT2D eigenvalue weighted by atomic mass is 16.2. The molecule has 0 unspecified atom stereocenters. The van der Waals surface area contributed by atoms with E-state index in [4.69, 9.17) is 0 Å². The van der Waals surface area contributed by atoms with Gasteiger partial charge in [-0.3, -0.25) is 19.0 Å². The standard InChI is InChI=1S/C25H26N4O2/c1-17(2)19-11-12-20-23(25(31)29-15-6-4-10-21(29)28-20)22(19)24(30)27-14-5-3-8-18-9-7-13-26-16-18/h4,6-7,9-13,15-17H,3,5,8,14H2,1-2H3,(H,27,30). The summed E-state index contributed by atoms with van der Waals surface area (Å²) in [6.07, 6.45) is 8.05. The van der Waals surface area contributed by atoms with Gasteiger partial charge in [0.1, 0.15) is 5.65 Å². The van der Waals surface area contributed by atoms with Crippen molar-refractivity contribution in [2.45, 2.75) is 39.0 Å². The Bertz CT molecular complexity index is 1280. The lowest BCUT2D eigenvalue weighted by molar-refractivity contribution is 0.0953. The molecule has 31 heavy (non-hydrogen) atoms. The van der Waals surface area contributed by atoms with Crippen LogP contribution in [0.4, 0.5) is 0 Å². The largest absolute Gasteiger partial charge is 0.352 e. The van der Waals surface area contributed by atoms with Gasteiger partial charge in [0.15, 0.2) is 0 Å². The van der Waals surface area contributed by atoms with E-state index >= 15 is 0 Å². The fourth-order valence-corrected chi connectivity index (χ4v) is 3.87. The molecule has 0 aliphatic rings. The first-order chi connectivity index (χ1) is 15.1. The van der Waals surface area contributed by atoms with Crippen molar-refractivity contribution in [1.82, 2.24) is 19.7 Å². The van der Waals surface area contributed by atoms with Crippen LogP contribution in [-0.4, -0.2) is 26.8 Å². The number of rotatable bonds is 7. The van der Waals surface area contributed by atoms with Gasteiger partial charge in [-0.15, -0.1) is 0 Å². The quantitative estimate of drug-likeness (QED) is 0.365. The van der Waals surface area contributed by atoms with E-state index in [0.29, 0.717) is 28.7 Å². The molecule has 3 heterocycles. The lowest BCUT2D eigenvalue weighted by atomic mass is 9.93. The summed E-state index contributed by atoms with van der Waals surface area (Å²) in [4.78, 5) is 35.2. The van der Waals surface area contributed by atoms with Crippen LogP contribution in [0.15, 0.2) is 65.8 Å². The molecule has 0 aliphatic heterocycles. The first-order valence-corrected chi connectivity index (χ1v) is 10.7. The van der Waals surface area contributed by atoms with Crippen molar-refractivity contribution in [3.8, 4) is 0 Å². The SMILES string of the molecule is CC(C)c1ccc2nc3ccccn3c(=O)c2c1C(=O)NCCCCc1cccnc1. The molecule has 1 N–H and O–H groups in total. The fourth-order valence-electron chi connectivity index (χ4n) is 3.87. The Morgan fingerprint density at radius 2 is 1.97 bits per heavy atom. The summed E-state index contributed by atoms with van der Waals surface area (Å²) >= 11 is 0. The molecular formula is C25H26N4O2. The lowest BCUT2D eigenvalue weighted by Gasteiger charge is -2.16. The molecule has 4 aromatic rings. The first kappa shape index (κ1) is 20.7. The highest BCUT2D eigenvalue weighted by molar-refractivity contribution is 6.07. The van der Waals surface area contributed by atoms with E-state index in [-0.39, 0.29) is 17.4 Å². The summed E-state index contributed by atoms with van der Waals surface area (Å²) in [5, 5.41) is 3.39. The maximum Gasteiger partial charge on any atom is 0.266 e. The molecule has 1 amide bonds. The van der Waals surface area contributed by atoms with Crippen LogP contribution in [0.5, 0.6) is 0 Å². The summed E-state index contributed by atoms with van der Waals surface area (Å²) in [6, 6.07) is 13.2. The fraction of sp³-hybridized carbons (Fsp3) is 0.280. The highest BCUT2D eigenvalue weighted by Gasteiger charge is 2.21. The van der Waals surface area contributed by atoms with Crippen LogP contribution in [0, 0.1) is 0 Å². The van der Waals surface area contributed by atoms with Gasteiger partial charge in [-0.1, -0.05) is 32.0 Å². The van der Waals surface area contributed by atoms with Gasteiger partial charge in [0, 0.05) is 25.1 Å². The molecular weight excluding hydrogens is 388 g/mol. The molecule has 0 spiro atoms. The summed E-state index contributed by atoms with van der Waals surface area (Å²) in [5.74, 6) is -0.114. The number of nitrogens with one attached hydrogen (secondary N) is 1. The highest BCUT2D eigenvalue weighted by Crippen LogP contribution is 2.25. The number of amides is 1. The summed E-state index contributed by atoms with van der Waals surface area (Å²) in [6.45, 7) is 4.60. The number of unbranched alkanes of at least 4 members (excludes halogenated alkanes) is 1. The smallest absolute Gasteiger partial charge is 0.266 e. The molecule has 0 saturated heterocycles. The van der Waals surface area contributed by atoms with Crippen molar-refractivity contribution in [3.63, 3.8) is 0 Å². The minimum atomic E-state index is -0.218. The van der Waals surface area contributed by atoms with Crippen LogP contribution in [-0.2, 0) is 6.42 Å². The zero-order valence-electron chi connectivity index (χ0n) is 17.8. The maximum atomic E-state index is 13.3. The van der Waals surface area contributed by atoms with Gasteiger partial charge < -0.3 is 5.32 Å². The molecule has 1 aromatic carbocycles. The second-order valence-corrected chi connectivity index (χ2v) is 8.00. The molecule has 3 aromatic heterocycles. The molecule has 0 aliphatic carbocycles. The van der Waals surface area contributed by atoms with E-state index < -0.39 is 0 Å². The summed E-state index contributed by atoms with van der Waals surface area (Å²) in [5.41, 5.74) is 3.38. The molecule has 0 bridgehead atoms. The minimum absolute atomic E-state index is 0.103. The number of aryl methyl sites for hydroxylation is 1. The third kappa shape index (κ3) is 4.33. The predicted molar refractivity (Wildman–Crippen MR) is 123 cm³/mol. The Labute approximate surface area is 181 Å². The number of carbonyl (C=O) groups excluding carboxylic acids is 1. The number of carbonyl (C=O) groups is 1. The molecule has 0 fully saturated rings. The number of aromatic nitrogens is 3. The molecule has 6 nitrogen and oxygen atoms in total. The number of pyridine rings is 2. The Morgan fingerprint density at radius 3 is 2.74 bits per heavy atom. The minimum Gasteiger partial charge on any atom is -0.352 e. The van der Waals surface area contributed by atoms with E-state index in [1.54, 1.807) is 24.5 Å². The van der Waals surface area contributed by atoms with Crippen molar-refractivity contribution < 1.29 is 4.79 Å². The summed E-state index contributed by atoms with van der Waals surface area (Å²) < 4.78 is 1.50. The van der Waals surface area contributed by atoms with Crippen LogP contribution in [0.25, 0.3) is 16.6 Å². The van der Waals surface area contributed by atoms with Gasteiger partial charge in [-0.2, -0.15) is 0 Å². The normalized spacial score (nSPS) is 11.3. The second kappa shape index (κ2) is 9.08.